The minimum absolute atomic E-state index is 0.0355. The van der Waals surface area contributed by atoms with E-state index < -0.39 is 0 Å². The first kappa shape index (κ1) is 14.7. The van der Waals surface area contributed by atoms with Crippen molar-refractivity contribution in [1.29, 1.82) is 0 Å². The van der Waals surface area contributed by atoms with Crippen LogP contribution in [-0.4, -0.2) is 18.5 Å². The fourth-order valence-corrected chi connectivity index (χ4v) is 1.77. The van der Waals surface area contributed by atoms with Crippen molar-refractivity contribution in [3.05, 3.63) is 35.9 Å². The number of carbonyl (C=O) groups is 1. The maximum absolute atomic E-state index is 11.7. The summed E-state index contributed by atoms with van der Waals surface area (Å²) in [5.74, 6) is 0.0355. The molecule has 0 saturated carbocycles. The highest BCUT2D eigenvalue weighted by atomic mass is 16.1. The third-order valence-corrected chi connectivity index (χ3v) is 3.25. The van der Waals surface area contributed by atoms with Crippen molar-refractivity contribution in [3.8, 4) is 0 Å². The topological polar surface area (TPSA) is 55.1 Å². The molecule has 0 heterocycles. The van der Waals surface area contributed by atoms with E-state index in [0.717, 1.165) is 6.42 Å². The lowest BCUT2D eigenvalue weighted by molar-refractivity contribution is -0.121. The third-order valence-electron chi connectivity index (χ3n) is 3.25. The Labute approximate surface area is 110 Å². The average molecular weight is 248 g/mol. The summed E-state index contributed by atoms with van der Waals surface area (Å²) in [5.41, 5.74) is 6.93. The molecule has 100 valence electrons. The molecular weight excluding hydrogens is 224 g/mol. The molecule has 3 nitrogen and oxygen atoms in total. The number of hydrogen-bond acceptors (Lipinski definition) is 2. The lowest BCUT2D eigenvalue weighted by Crippen LogP contribution is -2.39. The number of carbonyl (C=O) groups excluding carboxylic acids is 1. The van der Waals surface area contributed by atoms with E-state index in [1.807, 2.05) is 25.1 Å². The Kier molecular flexibility index (Phi) is 5.35. The molecule has 0 saturated heterocycles. The van der Waals surface area contributed by atoms with Crippen LogP contribution in [0.15, 0.2) is 30.3 Å². The molecule has 1 rings (SSSR count). The molecule has 1 aromatic carbocycles. The van der Waals surface area contributed by atoms with Crippen molar-refractivity contribution in [2.75, 3.05) is 6.54 Å². The molecule has 0 aliphatic carbocycles. The van der Waals surface area contributed by atoms with Crippen LogP contribution in [0.25, 0.3) is 0 Å². The first-order valence-electron chi connectivity index (χ1n) is 6.53. The molecule has 3 N–H and O–H groups in total. The Morgan fingerprint density at radius 3 is 2.50 bits per heavy atom. The molecule has 1 aromatic rings. The van der Waals surface area contributed by atoms with E-state index in [1.54, 1.807) is 0 Å². The summed E-state index contributed by atoms with van der Waals surface area (Å²) in [4.78, 5) is 11.7. The van der Waals surface area contributed by atoms with E-state index in [9.17, 15) is 4.79 Å². The van der Waals surface area contributed by atoms with Gasteiger partial charge in [0.2, 0.25) is 5.91 Å². The Bertz CT molecular complexity index is 373. The van der Waals surface area contributed by atoms with Crippen LogP contribution < -0.4 is 11.1 Å². The second-order valence-electron chi connectivity index (χ2n) is 5.40. The van der Waals surface area contributed by atoms with Gasteiger partial charge in [-0.1, -0.05) is 51.1 Å². The molecule has 0 aromatic heterocycles. The van der Waals surface area contributed by atoms with E-state index in [4.69, 9.17) is 5.73 Å². The highest BCUT2D eigenvalue weighted by Crippen LogP contribution is 2.21. The van der Waals surface area contributed by atoms with Crippen LogP contribution in [0.2, 0.25) is 0 Å². The Balaban J connectivity index is 2.50. The van der Waals surface area contributed by atoms with Crippen molar-refractivity contribution in [2.45, 2.75) is 45.1 Å². The summed E-state index contributed by atoms with van der Waals surface area (Å²) in [6.45, 7) is 6.88. The standard InChI is InChI=1S/C15H24N2O/c1-4-13(16)10-14(18)17-11-15(2,3)12-8-6-5-7-9-12/h5-9,13H,4,10-11,16H2,1-3H3,(H,17,18). The minimum atomic E-state index is -0.0623. The van der Waals surface area contributed by atoms with Gasteiger partial charge in [-0.15, -0.1) is 0 Å². The van der Waals surface area contributed by atoms with Crippen molar-refractivity contribution < 1.29 is 4.79 Å². The van der Waals surface area contributed by atoms with Crippen LogP contribution in [0.3, 0.4) is 0 Å². The molecule has 1 atom stereocenters. The highest BCUT2D eigenvalue weighted by Gasteiger charge is 2.21. The van der Waals surface area contributed by atoms with E-state index in [1.165, 1.54) is 5.56 Å². The van der Waals surface area contributed by atoms with Crippen LogP contribution >= 0.6 is 0 Å². The van der Waals surface area contributed by atoms with Gasteiger partial charge in [0, 0.05) is 24.4 Å². The van der Waals surface area contributed by atoms with Crippen LogP contribution in [0, 0.1) is 0 Å². The normalized spacial score (nSPS) is 13.1. The molecule has 0 spiro atoms. The summed E-state index contributed by atoms with van der Waals surface area (Å²) in [5, 5.41) is 2.97. The monoisotopic (exact) mass is 248 g/mol. The van der Waals surface area contributed by atoms with E-state index in [-0.39, 0.29) is 17.4 Å². The second-order valence-corrected chi connectivity index (χ2v) is 5.40. The lowest BCUT2D eigenvalue weighted by atomic mass is 9.84. The summed E-state index contributed by atoms with van der Waals surface area (Å²) in [6.07, 6.45) is 1.23. The van der Waals surface area contributed by atoms with Crippen molar-refractivity contribution in [3.63, 3.8) is 0 Å². The number of benzene rings is 1. The van der Waals surface area contributed by atoms with Crippen LogP contribution in [0.1, 0.15) is 39.2 Å². The molecule has 0 aliphatic heterocycles. The molecule has 0 bridgehead atoms. The molecule has 18 heavy (non-hydrogen) atoms. The van der Waals surface area contributed by atoms with Gasteiger partial charge in [-0.25, -0.2) is 0 Å². The quantitative estimate of drug-likeness (QED) is 0.811. The predicted octanol–water partition coefficient (Wildman–Crippen LogP) is 2.21. The SMILES string of the molecule is CCC(N)CC(=O)NCC(C)(C)c1ccccc1. The summed E-state index contributed by atoms with van der Waals surface area (Å²) in [6, 6.07) is 10.2. The van der Waals surface area contributed by atoms with Gasteiger partial charge in [0.05, 0.1) is 0 Å². The Hall–Kier alpha value is -1.35. The first-order valence-corrected chi connectivity index (χ1v) is 6.53. The maximum atomic E-state index is 11.7. The van der Waals surface area contributed by atoms with Crippen molar-refractivity contribution in [1.82, 2.24) is 5.32 Å². The zero-order valence-electron chi connectivity index (χ0n) is 11.6. The summed E-state index contributed by atoms with van der Waals surface area (Å²) < 4.78 is 0. The number of rotatable bonds is 6. The Morgan fingerprint density at radius 1 is 1.33 bits per heavy atom. The van der Waals surface area contributed by atoms with Gasteiger partial charge in [0.1, 0.15) is 0 Å². The average Bonchev–Trinajstić information content (AvgIpc) is 2.37. The summed E-state index contributed by atoms with van der Waals surface area (Å²) in [7, 11) is 0. The van der Waals surface area contributed by atoms with E-state index in [2.05, 4.69) is 31.3 Å². The van der Waals surface area contributed by atoms with Gasteiger partial charge in [-0.05, 0) is 12.0 Å². The largest absolute Gasteiger partial charge is 0.355 e. The molecular formula is C15H24N2O. The first-order chi connectivity index (χ1) is 8.45. The van der Waals surface area contributed by atoms with E-state index >= 15 is 0 Å². The fourth-order valence-electron chi connectivity index (χ4n) is 1.77. The molecule has 0 aliphatic rings. The van der Waals surface area contributed by atoms with Crippen LogP contribution in [0.4, 0.5) is 0 Å². The predicted molar refractivity (Wildman–Crippen MR) is 75.4 cm³/mol. The van der Waals surface area contributed by atoms with Gasteiger partial charge >= 0.3 is 0 Å². The third kappa shape index (κ3) is 4.49. The van der Waals surface area contributed by atoms with Gasteiger partial charge in [0.25, 0.3) is 0 Å². The minimum Gasteiger partial charge on any atom is -0.355 e. The molecule has 0 fully saturated rings. The number of amides is 1. The van der Waals surface area contributed by atoms with Gasteiger partial charge in [-0.2, -0.15) is 0 Å². The smallest absolute Gasteiger partial charge is 0.221 e. The number of hydrogen-bond donors (Lipinski definition) is 2. The van der Waals surface area contributed by atoms with Gasteiger partial charge in [-0.3, -0.25) is 4.79 Å². The zero-order valence-corrected chi connectivity index (χ0v) is 11.6. The van der Waals surface area contributed by atoms with Gasteiger partial charge < -0.3 is 11.1 Å². The fraction of sp³-hybridized carbons (Fsp3) is 0.533. The number of nitrogens with two attached hydrogens (primary N) is 1. The zero-order chi connectivity index (χ0) is 13.6. The second kappa shape index (κ2) is 6.55. The lowest BCUT2D eigenvalue weighted by Gasteiger charge is -2.26. The molecule has 1 amide bonds. The van der Waals surface area contributed by atoms with Crippen LogP contribution in [-0.2, 0) is 10.2 Å². The maximum Gasteiger partial charge on any atom is 0.221 e. The van der Waals surface area contributed by atoms with E-state index in [0.29, 0.717) is 13.0 Å². The Morgan fingerprint density at radius 2 is 1.94 bits per heavy atom. The molecule has 3 heteroatoms. The molecule has 1 unspecified atom stereocenters. The van der Waals surface area contributed by atoms with Crippen molar-refractivity contribution >= 4 is 5.91 Å². The van der Waals surface area contributed by atoms with Gasteiger partial charge in [0.15, 0.2) is 0 Å². The number of nitrogens with one attached hydrogen (secondary N) is 1. The van der Waals surface area contributed by atoms with Crippen molar-refractivity contribution in [2.24, 2.45) is 5.73 Å². The highest BCUT2D eigenvalue weighted by molar-refractivity contribution is 5.76. The van der Waals surface area contributed by atoms with Crippen LogP contribution in [0.5, 0.6) is 0 Å². The molecule has 0 radical (unpaired) electrons. The summed E-state index contributed by atoms with van der Waals surface area (Å²) >= 11 is 0.